The minimum atomic E-state index is -0.840. The SMILES string of the molecule is CNC(=O)CCC(C=O)N(C)C(=O)c1cc(F)ccc1C=O. The monoisotopic (exact) mass is 308 g/mol. The minimum absolute atomic E-state index is 0.0363. The highest BCUT2D eigenvalue weighted by atomic mass is 19.1. The van der Waals surface area contributed by atoms with E-state index in [0.717, 1.165) is 17.0 Å². The van der Waals surface area contributed by atoms with Crippen LogP contribution in [0.5, 0.6) is 0 Å². The van der Waals surface area contributed by atoms with E-state index in [1.165, 1.54) is 20.2 Å². The molecule has 0 bridgehead atoms. The number of hydrogen-bond acceptors (Lipinski definition) is 4. The third-order valence-corrected chi connectivity index (χ3v) is 3.29. The van der Waals surface area contributed by atoms with Crippen LogP contribution in [0, 0.1) is 5.82 Å². The van der Waals surface area contributed by atoms with E-state index in [1.54, 1.807) is 0 Å². The molecule has 0 aromatic heterocycles. The van der Waals surface area contributed by atoms with Crippen LogP contribution < -0.4 is 5.32 Å². The van der Waals surface area contributed by atoms with E-state index in [9.17, 15) is 23.6 Å². The van der Waals surface area contributed by atoms with Crippen molar-refractivity contribution in [2.24, 2.45) is 0 Å². The number of aldehydes is 2. The molecule has 7 heteroatoms. The number of carbonyl (C=O) groups excluding carboxylic acids is 4. The molecule has 0 heterocycles. The first kappa shape index (κ1) is 17.5. The Morgan fingerprint density at radius 1 is 1.36 bits per heavy atom. The van der Waals surface area contributed by atoms with Crippen LogP contribution in [0.15, 0.2) is 18.2 Å². The zero-order valence-corrected chi connectivity index (χ0v) is 12.3. The van der Waals surface area contributed by atoms with Crippen molar-refractivity contribution in [3.8, 4) is 0 Å². The normalized spacial score (nSPS) is 11.4. The first-order valence-corrected chi connectivity index (χ1v) is 6.62. The predicted octanol–water partition coefficient (Wildman–Crippen LogP) is 0.804. The number of hydrogen-bond donors (Lipinski definition) is 1. The van der Waals surface area contributed by atoms with Gasteiger partial charge in [0.2, 0.25) is 5.91 Å². The van der Waals surface area contributed by atoms with Crippen LogP contribution in [0.1, 0.15) is 33.6 Å². The fraction of sp³-hybridized carbons (Fsp3) is 0.333. The predicted molar refractivity (Wildman–Crippen MR) is 77.0 cm³/mol. The summed E-state index contributed by atoms with van der Waals surface area (Å²) in [5.74, 6) is -1.57. The molecule has 0 saturated heterocycles. The highest BCUT2D eigenvalue weighted by molar-refractivity contribution is 6.02. The molecule has 0 fully saturated rings. The summed E-state index contributed by atoms with van der Waals surface area (Å²) in [5, 5.41) is 2.42. The molecule has 0 saturated carbocycles. The van der Waals surface area contributed by atoms with E-state index in [2.05, 4.69) is 5.32 Å². The van der Waals surface area contributed by atoms with Gasteiger partial charge in [-0.25, -0.2) is 4.39 Å². The van der Waals surface area contributed by atoms with Crippen molar-refractivity contribution < 1.29 is 23.6 Å². The van der Waals surface area contributed by atoms with Crippen molar-refractivity contribution in [1.29, 1.82) is 0 Å². The van der Waals surface area contributed by atoms with E-state index < -0.39 is 17.8 Å². The Balaban J connectivity index is 2.95. The number of carbonyl (C=O) groups is 4. The summed E-state index contributed by atoms with van der Waals surface area (Å²) in [6.07, 6.45) is 1.19. The molecule has 0 aliphatic rings. The second-order valence-corrected chi connectivity index (χ2v) is 4.68. The van der Waals surface area contributed by atoms with E-state index in [-0.39, 0.29) is 29.9 Å². The van der Waals surface area contributed by atoms with Crippen molar-refractivity contribution in [2.75, 3.05) is 14.1 Å². The number of benzene rings is 1. The lowest BCUT2D eigenvalue weighted by Crippen LogP contribution is -2.39. The quantitative estimate of drug-likeness (QED) is 0.755. The summed E-state index contributed by atoms with van der Waals surface area (Å²) < 4.78 is 13.3. The maximum Gasteiger partial charge on any atom is 0.255 e. The van der Waals surface area contributed by atoms with Gasteiger partial charge in [0.05, 0.1) is 11.6 Å². The molecule has 1 rings (SSSR count). The van der Waals surface area contributed by atoms with Gasteiger partial charge >= 0.3 is 0 Å². The maximum absolute atomic E-state index is 13.3. The van der Waals surface area contributed by atoms with E-state index in [1.807, 2.05) is 0 Å². The Labute approximate surface area is 127 Å². The molecule has 0 aliphatic carbocycles. The van der Waals surface area contributed by atoms with Crippen LogP contribution in [-0.2, 0) is 9.59 Å². The van der Waals surface area contributed by atoms with Crippen LogP contribution in [0.2, 0.25) is 0 Å². The summed E-state index contributed by atoms with van der Waals surface area (Å²) in [5.41, 5.74) is -0.0847. The smallest absolute Gasteiger partial charge is 0.255 e. The number of rotatable bonds is 7. The number of halogens is 1. The van der Waals surface area contributed by atoms with Crippen LogP contribution in [0.4, 0.5) is 4.39 Å². The van der Waals surface area contributed by atoms with Crippen LogP contribution in [-0.4, -0.2) is 49.4 Å². The summed E-state index contributed by atoms with van der Waals surface area (Å²) in [6.45, 7) is 0. The van der Waals surface area contributed by atoms with E-state index in [4.69, 9.17) is 0 Å². The Hall–Kier alpha value is -2.57. The highest BCUT2D eigenvalue weighted by Crippen LogP contribution is 2.14. The second kappa shape index (κ2) is 8.02. The fourth-order valence-electron chi connectivity index (χ4n) is 1.91. The second-order valence-electron chi connectivity index (χ2n) is 4.68. The number of amides is 2. The lowest BCUT2D eigenvalue weighted by molar-refractivity contribution is -0.121. The molecule has 0 spiro atoms. The van der Waals surface area contributed by atoms with Gasteiger partial charge in [0, 0.05) is 26.1 Å². The topological polar surface area (TPSA) is 83.6 Å². The zero-order valence-electron chi connectivity index (χ0n) is 12.3. The van der Waals surface area contributed by atoms with Gasteiger partial charge in [-0.3, -0.25) is 14.4 Å². The molecular weight excluding hydrogens is 291 g/mol. The highest BCUT2D eigenvalue weighted by Gasteiger charge is 2.23. The molecule has 1 atom stereocenters. The number of nitrogens with one attached hydrogen (secondary N) is 1. The van der Waals surface area contributed by atoms with Gasteiger partial charge < -0.3 is 15.0 Å². The summed E-state index contributed by atoms with van der Waals surface area (Å²) in [7, 11) is 2.83. The van der Waals surface area contributed by atoms with E-state index >= 15 is 0 Å². The lowest BCUT2D eigenvalue weighted by atomic mass is 10.0. The molecule has 2 amide bonds. The minimum Gasteiger partial charge on any atom is -0.359 e. The van der Waals surface area contributed by atoms with Gasteiger partial charge in [-0.1, -0.05) is 0 Å². The molecule has 22 heavy (non-hydrogen) atoms. The standard InChI is InChI=1S/C15H17FN2O4/c1-17-14(21)6-5-12(9-20)18(2)15(22)13-7-11(16)4-3-10(13)8-19/h3-4,7-9,12H,5-6H2,1-2H3,(H,17,21). The first-order chi connectivity index (χ1) is 10.4. The summed E-state index contributed by atoms with van der Waals surface area (Å²) in [4.78, 5) is 46.7. The van der Waals surface area contributed by atoms with Crippen molar-refractivity contribution >= 4 is 24.4 Å². The Morgan fingerprint density at radius 2 is 2.05 bits per heavy atom. The largest absolute Gasteiger partial charge is 0.359 e. The molecular formula is C15H17FN2O4. The molecule has 6 nitrogen and oxygen atoms in total. The first-order valence-electron chi connectivity index (χ1n) is 6.62. The van der Waals surface area contributed by atoms with Crippen molar-refractivity contribution in [2.45, 2.75) is 18.9 Å². The summed E-state index contributed by atoms with van der Waals surface area (Å²) in [6, 6.07) is 2.38. The van der Waals surface area contributed by atoms with Gasteiger partial charge in [0.15, 0.2) is 6.29 Å². The van der Waals surface area contributed by atoms with Gasteiger partial charge in [-0.2, -0.15) is 0 Å². The fourth-order valence-corrected chi connectivity index (χ4v) is 1.91. The third-order valence-electron chi connectivity index (χ3n) is 3.29. The number of likely N-dealkylation sites (N-methyl/N-ethyl adjacent to an activating group) is 1. The average Bonchev–Trinajstić information content (AvgIpc) is 2.53. The van der Waals surface area contributed by atoms with Gasteiger partial charge in [0.25, 0.3) is 5.91 Å². The van der Waals surface area contributed by atoms with Gasteiger partial charge in [0.1, 0.15) is 12.1 Å². The van der Waals surface area contributed by atoms with E-state index in [0.29, 0.717) is 12.6 Å². The van der Waals surface area contributed by atoms with Gasteiger partial charge in [-0.15, -0.1) is 0 Å². The molecule has 1 aromatic rings. The molecule has 118 valence electrons. The van der Waals surface area contributed by atoms with Crippen LogP contribution >= 0.6 is 0 Å². The Morgan fingerprint density at radius 3 is 2.59 bits per heavy atom. The summed E-state index contributed by atoms with van der Waals surface area (Å²) >= 11 is 0. The Kier molecular flexibility index (Phi) is 6.37. The zero-order chi connectivity index (χ0) is 16.7. The van der Waals surface area contributed by atoms with Gasteiger partial charge in [-0.05, 0) is 24.6 Å². The third kappa shape index (κ3) is 4.21. The molecule has 1 N–H and O–H groups in total. The van der Waals surface area contributed by atoms with Crippen LogP contribution in [0.25, 0.3) is 0 Å². The molecule has 1 unspecified atom stereocenters. The van der Waals surface area contributed by atoms with Crippen molar-refractivity contribution in [3.63, 3.8) is 0 Å². The maximum atomic E-state index is 13.3. The number of nitrogens with zero attached hydrogens (tertiary/aromatic N) is 1. The van der Waals surface area contributed by atoms with Crippen LogP contribution in [0.3, 0.4) is 0 Å². The average molecular weight is 308 g/mol. The molecule has 0 aliphatic heterocycles. The Bertz CT molecular complexity index is 589. The van der Waals surface area contributed by atoms with Crippen molar-refractivity contribution in [3.05, 3.63) is 35.1 Å². The molecule has 0 radical (unpaired) electrons. The lowest BCUT2D eigenvalue weighted by Gasteiger charge is -2.24. The van der Waals surface area contributed by atoms with Crippen molar-refractivity contribution in [1.82, 2.24) is 10.2 Å². The molecule has 1 aromatic carbocycles.